The average Bonchev–Trinajstić information content (AvgIpc) is 2.79. The van der Waals surface area contributed by atoms with Crippen molar-refractivity contribution in [2.45, 2.75) is 13.5 Å². The topological polar surface area (TPSA) is 90.1 Å². The average molecular weight is 261 g/mol. The number of hydrogen-bond donors (Lipinski definition) is 2. The van der Waals surface area contributed by atoms with Gasteiger partial charge in [-0.25, -0.2) is 0 Å². The van der Waals surface area contributed by atoms with Gasteiger partial charge in [0.2, 0.25) is 0 Å². The number of nitrogens with zero attached hydrogens (tertiary/aromatic N) is 1. The quantitative estimate of drug-likeness (QED) is 0.848. The number of hydrogen-bond acceptors (Lipinski definition) is 4. The molecular weight excluding hydrogens is 246 g/mol. The summed E-state index contributed by atoms with van der Waals surface area (Å²) in [6.45, 7) is 2.01. The Kier molecular flexibility index (Phi) is 3.52. The molecule has 0 saturated heterocycles. The second-order valence-corrected chi connectivity index (χ2v) is 4.15. The first kappa shape index (κ1) is 13.1. The summed E-state index contributed by atoms with van der Waals surface area (Å²) in [7, 11) is 1.56. The lowest BCUT2D eigenvalue weighted by molar-refractivity contribution is 0.0940. The lowest BCUT2D eigenvalue weighted by Gasteiger charge is -2.06. The number of nitrogens with one attached hydrogen (secondary N) is 1. The smallest absolute Gasteiger partial charge is 0.279 e. The molecule has 0 unspecified atom stereocenters. The van der Waals surface area contributed by atoms with Gasteiger partial charge in [0.05, 0.1) is 12.8 Å². The Balaban J connectivity index is 2.41. The first-order valence-electron chi connectivity index (χ1n) is 5.77. The first-order valence-corrected chi connectivity index (χ1v) is 5.77. The van der Waals surface area contributed by atoms with Crippen LogP contribution in [0.2, 0.25) is 0 Å². The fourth-order valence-corrected chi connectivity index (χ4v) is 1.84. The summed E-state index contributed by atoms with van der Waals surface area (Å²) in [5, 5.41) is 2.68. The molecule has 0 saturated carbocycles. The molecular formula is C13H15N3O3. The fraction of sp³-hybridized carbons (Fsp3) is 0.231. The summed E-state index contributed by atoms with van der Waals surface area (Å²) in [5.41, 5.74) is 6.76. The molecule has 2 rings (SSSR count). The number of ether oxygens (including phenoxy) is 1. The van der Waals surface area contributed by atoms with E-state index in [1.165, 1.54) is 6.07 Å². The van der Waals surface area contributed by atoms with Crippen LogP contribution in [-0.4, -0.2) is 22.8 Å². The molecule has 0 aliphatic carbocycles. The molecule has 2 aromatic rings. The van der Waals surface area contributed by atoms with E-state index in [1.807, 2.05) is 6.92 Å². The Hall–Kier alpha value is -2.34. The van der Waals surface area contributed by atoms with Gasteiger partial charge in [-0.15, -0.1) is 0 Å². The van der Waals surface area contributed by atoms with Crippen LogP contribution < -0.4 is 16.0 Å². The van der Waals surface area contributed by atoms with E-state index in [-0.39, 0.29) is 6.54 Å². The van der Waals surface area contributed by atoms with Gasteiger partial charge in [-0.3, -0.25) is 14.7 Å². The molecule has 0 amide bonds. The van der Waals surface area contributed by atoms with Gasteiger partial charge in [0.1, 0.15) is 5.75 Å². The molecule has 1 heterocycles. The minimum Gasteiger partial charge on any atom is -0.496 e. The molecule has 100 valence electrons. The Morgan fingerprint density at radius 2 is 2.16 bits per heavy atom. The summed E-state index contributed by atoms with van der Waals surface area (Å²) >= 11 is 0. The monoisotopic (exact) mass is 261 g/mol. The maximum Gasteiger partial charge on any atom is 0.279 e. The molecule has 0 fully saturated rings. The normalized spacial score (nSPS) is 10.5. The fourth-order valence-electron chi connectivity index (χ4n) is 1.84. The lowest BCUT2D eigenvalue weighted by Crippen LogP contribution is -2.24. The third kappa shape index (κ3) is 2.43. The van der Waals surface area contributed by atoms with Gasteiger partial charge < -0.3 is 10.5 Å². The number of aryl methyl sites for hydroxylation is 1. The molecule has 1 aromatic carbocycles. The van der Waals surface area contributed by atoms with E-state index >= 15 is 0 Å². The second kappa shape index (κ2) is 5.11. The molecule has 3 N–H and O–H groups in total. The van der Waals surface area contributed by atoms with E-state index in [0.717, 1.165) is 10.2 Å². The summed E-state index contributed by atoms with van der Waals surface area (Å²) in [4.78, 5) is 23.9. The number of nitrogens with two attached hydrogens (primary N) is 1. The minimum absolute atomic E-state index is 0.178. The highest BCUT2D eigenvalue weighted by Gasteiger charge is 2.14. The molecule has 0 aliphatic rings. The molecule has 0 atom stereocenters. The minimum atomic E-state index is -0.421. The maximum absolute atomic E-state index is 12.2. The number of aromatic nitrogens is 2. The van der Waals surface area contributed by atoms with Crippen molar-refractivity contribution in [3.05, 3.63) is 51.4 Å². The zero-order valence-electron chi connectivity index (χ0n) is 10.8. The molecule has 6 nitrogen and oxygen atoms in total. The highest BCUT2D eigenvalue weighted by molar-refractivity contribution is 5.95. The molecule has 6 heteroatoms. The summed E-state index contributed by atoms with van der Waals surface area (Å²) in [6, 6.07) is 6.30. The van der Waals surface area contributed by atoms with E-state index < -0.39 is 11.5 Å². The number of aromatic amines is 1. The van der Waals surface area contributed by atoms with Crippen LogP contribution in [0.15, 0.2) is 29.1 Å². The molecule has 1 aromatic heterocycles. The summed E-state index contributed by atoms with van der Waals surface area (Å²) in [6.07, 6.45) is 0. The predicted molar refractivity (Wildman–Crippen MR) is 70.4 cm³/mol. The van der Waals surface area contributed by atoms with Crippen molar-refractivity contribution in [1.29, 1.82) is 0 Å². The zero-order chi connectivity index (χ0) is 14.0. The van der Waals surface area contributed by atoms with Crippen LogP contribution >= 0.6 is 0 Å². The zero-order valence-corrected chi connectivity index (χ0v) is 10.8. The second-order valence-electron chi connectivity index (χ2n) is 4.15. The Bertz CT molecular complexity index is 670. The maximum atomic E-state index is 12.2. The van der Waals surface area contributed by atoms with Crippen molar-refractivity contribution in [3.63, 3.8) is 0 Å². The Morgan fingerprint density at radius 1 is 1.42 bits per heavy atom. The van der Waals surface area contributed by atoms with Crippen LogP contribution in [-0.2, 0) is 6.54 Å². The Labute approximate surface area is 109 Å². The molecule has 0 aliphatic heterocycles. The number of H-pyrrole nitrogens is 1. The van der Waals surface area contributed by atoms with Crippen LogP contribution in [0, 0.1) is 6.92 Å². The number of carbonyl (C=O) groups is 1. The molecule has 0 spiro atoms. The van der Waals surface area contributed by atoms with Gasteiger partial charge in [-0.1, -0.05) is 0 Å². The van der Waals surface area contributed by atoms with Crippen LogP contribution in [0.4, 0.5) is 0 Å². The number of methoxy groups -OCH3 is 1. The molecule has 19 heavy (non-hydrogen) atoms. The molecule has 0 radical (unpaired) electrons. The van der Waals surface area contributed by atoms with Gasteiger partial charge in [0.25, 0.3) is 11.5 Å². The van der Waals surface area contributed by atoms with E-state index in [9.17, 15) is 9.59 Å². The van der Waals surface area contributed by atoms with E-state index in [4.69, 9.17) is 10.5 Å². The van der Waals surface area contributed by atoms with E-state index in [1.54, 1.807) is 25.3 Å². The lowest BCUT2D eigenvalue weighted by atomic mass is 10.1. The number of carbonyl (C=O) groups excluding carboxylic acids is 1. The van der Waals surface area contributed by atoms with Crippen LogP contribution in [0.3, 0.4) is 0 Å². The van der Waals surface area contributed by atoms with Crippen molar-refractivity contribution < 1.29 is 9.53 Å². The third-order valence-corrected chi connectivity index (χ3v) is 2.84. The summed E-state index contributed by atoms with van der Waals surface area (Å²) < 4.78 is 6.07. The Morgan fingerprint density at radius 3 is 2.68 bits per heavy atom. The van der Waals surface area contributed by atoms with Gasteiger partial charge in [0.15, 0.2) is 0 Å². The van der Waals surface area contributed by atoms with Crippen molar-refractivity contribution in [3.8, 4) is 5.75 Å². The number of benzene rings is 1. The standard InChI is InChI=1S/C13H15N3O3/c1-8-5-9(3-4-11(8)19-2)13(18)16-12(17)6-10(7-14)15-16/h3-6,15H,7,14H2,1-2H3. The predicted octanol–water partition coefficient (Wildman–Crippen LogP) is 0.641. The van der Waals surface area contributed by atoms with Crippen molar-refractivity contribution in [2.24, 2.45) is 5.73 Å². The third-order valence-electron chi connectivity index (χ3n) is 2.84. The van der Waals surface area contributed by atoms with Gasteiger partial charge >= 0.3 is 0 Å². The van der Waals surface area contributed by atoms with Crippen molar-refractivity contribution in [2.75, 3.05) is 7.11 Å². The van der Waals surface area contributed by atoms with Gasteiger partial charge in [-0.05, 0) is 30.7 Å². The van der Waals surface area contributed by atoms with Gasteiger partial charge in [0, 0.05) is 18.2 Å². The molecule has 0 bridgehead atoms. The SMILES string of the molecule is COc1ccc(C(=O)n2[nH]c(CN)cc2=O)cc1C. The van der Waals surface area contributed by atoms with Gasteiger partial charge in [-0.2, -0.15) is 4.68 Å². The highest BCUT2D eigenvalue weighted by atomic mass is 16.5. The summed E-state index contributed by atoms with van der Waals surface area (Å²) in [5.74, 6) is 0.272. The van der Waals surface area contributed by atoms with Crippen LogP contribution in [0.25, 0.3) is 0 Å². The number of rotatable bonds is 3. The van der Waals surface area contributed by atoms with E-state index in [0.29, 0.717) is 17.0 Å². The van der Waals surface area contributed by atoms with Crippen molar-refractivity contribution >= 4 is 5.91 Å². The highest BCUT2D eigenvalue weighted by Crippen LogP contribution is 2.18. The first-order chi connectivity index (χ1) is 9.06. The van der Waals surface area contributed by atoms with E-state index in [2.05, 4.69) is 5.10 Å². The van der Waals surface area contributed by atoms with Crippen molar-refractivity contribution in [1.82, 2.24) is 9.78 Å². The van der Waals surface area contributed by atoms with Crippen LogP contribution in [0.5, 0.6) is 5.75 Å². The van der Waals surface area contributed by atoms with Crippen LogP contribution in [0.1, 0.15) is 21.6 Å². The largest absolute Gasteiger partial charge is 0.496 e.